The largest absolute Gasteiger partial charge is 0.358 e. The molecule has 1 aliphatic heterocycles. The molecule has 1 aromatic carbocycles. The molecule has 1 N–H and O–H groups in total. The van der Waals surface area contributed by atoms with Gasteiger partial charge in [0.05, 0.1) is 0 Å². The second-order valence-corrected chi connectivity index (χ2v) is 6.86. The van der Waals surface area contributed by atoms with E-state index in [1.807, 2.05) is 36.1 Å². The lowest BCUT2D eigenvalue weighted by Gasteiger charge is -2.33. The van der Waals surface area contributed by atoms with E-state index in [0.29, 0.717) is 31.7 Å². The van der Waals surface area contributed by atoms with Crippen LogP contribution in [0.1, 0.15) is 18.4 Å². The molecule has 1 saturated heterocycles. The Bertz CT molecular complexity index is 919. The molecule has 0 atom stereocenters. The molecule has 0 bridgehead atoms. The second kappa shape index (κ2) is 7.19. The normalized spacial score (nSPS) is 15.1. The van der Waals surface area contributed by atoms with Crippen molar-refractivity contribution in [2.45, 2.75) is 19.8 Å². The highest BCUT2D eigenvalue weighted by atomic mass is 16.2. The zero-order chi connectivity index (χ0) is 18.8. The number of anilines is 2. The van der Waals surface area contributed by atoms with Crippen LogP contribution in [0.4, 0.5) is 11.5 Å². The molecule has 1 aliphatic rings. The Balaban J connectivity index is 1.66. The number of nitrogens with one attached hydrogen (secondary N) is 1. The summed E-state index contributed by atoms with van der Waals surface area (Å²) in [7, 11) is 3.13. The third-order valence-corrected chi connectivity index (χ3v) is 5.01. The predicted molar refractivity (Wildman–Crippen MR) is 102 cm³/mol. The van der Waals surface area contributed by atoms with Gasteiger partial charge < -0.3 is 10.2 Å². The van der Waals surface area contributed by atoms with Crippen LogP contribution < -0.4 is 21.5 Å². The number of nitrogens with zero attached hydrogens (tertiary/aromatic N) is 3. The van der Waals surface area contributed by atoms with E-state index in [4.69, 9.17) is 0 Å². The molecule has 0 unspecified atom stereocenters. The highest BCUT2D eigenvalue weighted by molar-refractivity contribution is 5.92. The topological polar surface area (TPSA) is 76.3 Å². The first-order valence-corrected chi connectivity index (χ1v) is 8.76. The molecule has 26 heavy (non-hydrogen) atoms. The fourth-order valence-corrected chi connectivity index (χ4v) is 3.28. The lowest BCUT2D eigenvalue weighted by atomic mass is 9.95. The first-order valence-electron chi connectivity index (χ1n) is 8.76. The smallest absolute Gasteiger partial charge is 0.332 e. The van der Waals surface area contributed by atoms with Gasteiger partial charge in [-0.15, -0.1) is 0 Å². The number of aryl methyl sites for hydroxylation is 1. The Morgan fingerprint density at radius 2 is 1.65 bits per heavy atom. The molecule has 3 rings (SSSR count). The number of hydrogen-bond acceptors (Lipinski definition) is 4. The molecular formula is C19H24N4O3. The summed E-state index contributed by atoms with van der Waals surface area (Å²) in [5.41, 5.74) is 1.29. The zero-order valence-corrected chi connectivity index (χ0v) is 15.4. The summed E-state index contributed by atoms with van der Waals surface area (Å²) in [4.78, 5) is 38.5. The van der Waals surface area contributed by atoms with E-state index in [0.717, 1.165) is 15.8 Å². The number of carbonyl (C=O) groups is 1. The van der Waals surface area contributed by atoms with Crippen molar-refractivity contribution >= 4 is 17.4 Å². The fraction of sp³-hybridized carbons (Fsp3) is 0.421. The predicted octanol–water partition coefficient (Wildman–Crippen LogP) is 1.25. The van der Waals surface area contributed by atoms with Gasteiger partial charge in [0.15, 0.2) is 0 Å². The van der Waals surface area contributed by atoms with E-state index in [9.17, 15) is 14.4 Å². The Morgan fingerprint density at radius 3 is 2.27 bits per heavy atom. The second-order valence-electron chi connectivity index (χ2n) is 6.86. The molecule has 138 valence electrons. The number of amides is 1. The van der Waals surface area contributed by atoms with E-state index < -0.39 is 0 Å². The van der Waals surface area contributed by atoms with Crippen molar-refractivity contribution in [1.29, 1.82) is 0 Å². The van der Waals surface area contributed by atoms with Gasteiger partial charge in [0.1, 0.15) is 5.82 Å². The summed E-state index contributed by atoms with van der Waals surface area (Å²) < 4.78 is 2.57. The number of rotatable bonds is 3. The van der Waals surface area contributed by atoms with E-state index in [1.165, 1.54) is 17.7 Å². The van der Waals surface area contributed by atoms with Crippen LogP contribution in [-0.2, 0) is 18.9 Å². The molecule has 2 aromatic rings. The van der Waals surface area contributed by atoms with Crippen LogP contribution in [0.2, 0.25) is 0 Å². The van der Waals surface area contributed by atoms with Crippen molar-refractivity contribution in [3.63, 3.8) is 0 Å². The minimum absolute atomic E-state index is 0.0198. The maximum Gasteiger partial charge on any atom is 0.332 e. The average Bonchev–Trinajstić information content (AvgIpc) is 2.65. The zero-order valence-electron chi connectivity index (χ0n) is 15.4. The minimum atomic E-state index is -0.341. The van der Waals surface area contributed by atoms with Gasteiger partial charge in [-0.05, 0) is 31.9 Å². The van der Waals surface area contributed by atoms with Crippen molar-refractivity contribution < 1.29 is 4.79 Å². The standard InChI is InChI=1S/C19H24N4O3/c1-13-4-6-15(7-5-13)20-18(25)14-8-10-23(11-9-14)16-12-17(24)22(3)19(26)21(16)2/h4-7,12,14H,8-11H2,1-3H3,(H,20,25). The molecule has 0 saturated carbocycles. The van der Waals surface area contributed by atoms with Crippen molar-refractivity contribution in [1.82, 2.24) is 9.13 Å². The Kier molecular flexibility index (Phi) is 4.97. The summed E-state index contributed by atoms with van der Waals surface area (Å²) in [5.74, 6) is 0.554. The van der Waals surface area contributed by atoms with Crippen LogP contribution in [0.3, 0.4) is 0 Å². The summed E-state index contributed by atoms with van der Waals surface area (Å²) in [6.07, 6.45) is 1.36. The van der Waals surface area contributed by atoms with Crippen LogP contribution in [0.5, 0.6) is 0 Å². The summed E-state index contributed by atoms with van der Waals surface area (Å²) in [5, 5.41) is 2.96. The maximum absolute atomic E-state index is 12.5. The summed E-state index contributed by atoms with van der Waals surface area (Å²) >= 11 is 0. The van der Waals surface area contributed by atoms with E-state index in [-0.39, 0.29) is 23.1 Å². The van der Waals surface area contributed by atoms with Crippen LogP contribution in [0.25, 0.3) is 0 Å². The van der Waals surface area contributed by atoms with Crippen molar-refractivity contribution in [3.05, 3.63) is 56.7 Å². The summed E-state index contributed by atoms with van der Waals surface area (Å²) in [6.45, 7) is 3.27. The van der Waals surface area contributed by atoms with Crippen molar-refractivity contribution in [3.8, 4) is 0 Å². The van der Waals surface area contributed by atoms with Gasteiger partial charge in [-0.1, -0.05) is 17.7 Å². The molecule has 1 fully saturated rings. The first kappa shape index (κ1) is 18.0. The van der Waals surface area contributed by atoms with Gasteiger partial charge in [-0.25, -0.2) is 4.79 Å². The molecule has 7 heteroatoms. The van der Waals surface area contributed by atoms with Gasteiger partial charge in [-0.2, -0.15) is 0 Å². The van der Waals surface area contributed by atoms with E-state index >= 15 is 0 Å². The number of hydrogen-bond donors (Lipinski definition) is 1. The van der Waals surface area contributed by atoms with Crippen LogP contribution in [-0.4, -0.2) is 28.1 Å². The SMILES string of the molecule is Cc1ccc(NC(=O)C2CCN(c3cc(=O)n(C)c(=O)n3C)CC2)cc1. The Morgan fingerprint density at radius 1 is 1.04 bits per heavy atom. The lowest BCUT2D eigenvalue weighted by molar-refractivity contribution is -0.120. The van der Waals surface area contributed by atoms with Crippen LogP contribution in [0.15, 0.2) is 39.9 Å². The van der Waals surface area contributed by atoms with Gasteiger partial charge in [0.2, 0.25) is 5.91 Å². The quantitative estimate of drug-likeness (QED) is 0.898. The number of aromatic nitrogens is 2. The Labute approximate surface area is 151 Å². The van der Waals surface area contributed by atoms with Gasteiger partial charge in [0.25, 0.3) is 5.56 Å². The molecule has 0 radical (unpaired) electrons. The van der Waals surface area contributed by atoms with Crippen molar-refractivity contribution in [2.24, 2.45) is 20.0 Å². The van der Waals surface area contributed by atoms with Gasteiger partial charge in [-0.3, -0.25) is 18.7 Å². The lowest BCUT2D eigenvalue weighted by Crippen LogP contribution is -2.44. The molecule has 2 heterocycles. The molecule has 0 aliphatic carbocycles. The minimum Gasteiger partial charge on any atom is -0.358 e. The number of carbonyl (C=O) groups excluding carboxylic acids is 1. The highest BCUT2D eigenvalue weighted by Gasteiger charge is 2.26. The van der Waals surface area contributed by atoms with Crippen LogP contribution in [0, 0.1) is 12.8 Å². The van der Waals surface area contributed by atoms with Crippen LogP contribution >= 0.6 is 0 Å². The molecule has 7 nitrogen and oxygen atoms in total. The molecule has 0 spiro atoms. The van der Waals surface area contributed by atoms with E-state index in [2.05, 4.69) is 5.32 Å². The Hall–Kier alpha value is -2.83. The average molecular weight is 356 g/mol. The van der Waals surface area contributed by atoms with Gasteiger partial charge in [0, 0.05) is 44.9 Å². The van der Waals surface area contributed by atoms with Gasteiger partial charge >= 0.3 is 5.69 Å². The molecule has 1 aromatic heterocycles. The monoisotopic (exact) mass is 356 g/mol. The third-order valence-electron chi connectivity index (χ3n) is 5.01. The fourth-order valence-electron chi connectivity index (χ4n) is 3.28. The molecular weight excluding hydrogens is 332 g/mol. The molecule has 1 amide bonds. The highest BCUT2D eigenvalue weighted by Crippen LogP contribution is 2.23. The van der Waals surface area contributed by atoms with Crippen molar-refractivity contribution in [2.75, 3.05) is 23.3 Å². The number of piperidine rings is 1. The van der Waals surface area contributed by atoms with E-state index in [1.54, 1.807) is 7.05 Å². The third kappa shape index (κ3) is 3.56. The maximum atomic E-state index is 12.5. The first-order chi connectivity index (χ1) is 12.4. The summed E-state index contributed by atoms with van der Waals surface area (Å²) in [6, 6.07) is 9.22. The number of benzene rings is 1.